The number of sulfonamides is 1. The Hall–Kier alpha value is -3.47. The fourth-order valence-corrected chi connectivity index (χ4v) is 5.25. The molecule has 0 aliphatic carbocycles. The molecule has 7 heteroatoms. The van der Waals surface area contributed by atoms with E-state index in [1.165, 1.54) is 6.92 Å². The predicted octanol–water partition coefficient (Wildman–Crippen LogP) is 4.02. The Balaban J connectivity index is 1.75. The second kappa shape index (κ2) is 9.99. The van der Waals surface area contributed by atoms with Gasteiger partial charge in [-0.25, -0.2) is 13.4 Å². The van der Waals surface area contributed by atoms with Gasteiger partial charge in [0.15, 0.2) is 0 Å². The highest BCUT2D eigenvalue weighted by molar-refractivity contribution is 7.89. The van der Waals surface area contributed by atoms with Gasteiger partial charge < -0.3 is 5.32 Å². The standard InChI is InChI=1S/C26H27N3O3S/c1-17-15-18(2)20(4)25(19(17)3)33(31,32)29-21(5)26(30)28-24-11-8-9-22(16-24)12-13-23-10-6-7-14-27-23/h6-11,14-16,21,29H,1-5H3,(H,28,30)/t21-/m0/s1. The summed E-state index contributed by atoms with van der Waals surface area (Å²) < 4.78 is 28.7. The summed E-state index contributed by atoms with van der Waals surface area (Å²) in [6.07, 6.45) is 1.67. The van der Waals surface area contributed by atoms with Gasteiger partial charge in [0.05, 0.1) is 10.9 Å². The number of nitrogens with one attached hydrogen (secondary N) is 2. The quantitative estimate of drug-likeness (QED) is 0.562. The van der Waals surface area contributed by atoms with Gasteiger partial charge >= 0.3 is 0 Å². The van der Waals surface area contributed by atoms with E-state index in [4.69, 9.17) is 0 Å². The molecule has 0 bridgehead atoms. The monoisotopic (exact) mass is 461 g/mol. The number of aromatic nitrogens is 1. The Morgan fingerprint density at radius 2 is 1.64 bits per heavy atom. The maximum Gasteiger partial charge on any atom is 0.242 e. The summed E-state index contributed by atoms with van der Waals surface area (Å²) in [4.78, 5) is 17.1. The van der Waals surface area contributed by atoms with Crippen LogP contribution in [0.2, 0.25) is 0 Å². The van der Waals surface area contributed by atoms with E-state index in [1.54, 1.807) is 38.2 Å². The number of carbonyl (C=O) groups is 1. The molecule has 0 fully saturated rings. The smallest absolute Gasteiger partial charge is 0.242 e. The summed E-state index contributed by atoms with van der Waals surface area (Å²) in [5.41, 5.74) is 5.01. The Morgan fingerprint density at radius 1 is 0.939 bits per heavy atom. The number of benzene rings is 2. The largest absolute Gasteiger partial charge is 0.325 e. The van der Waals surface area contributed by atoms with Crippen LogP contribution in [0.25, 0.3) is 0 Å². The van der Waals surface area contributed by atoms with Crippen LogP contribution >= 0.6 is 0 Å². The number of anilines is 1. The van der Waals surface area contributed by atoms with Crippen molar-refractivity contribution >= 4 is 21.6 Å². The molecule has 0 aliphatic heterocycles. The van der Waals surface area contributed by atoms with E-state index in [1.807, 2.05) is 44.2 Å². The fourth-order valence-electron chi connectivity index (χ4n) is 3.43. The van der Waals surface area contributed by atoms with Crippen molar-refractivity contribution in [3.63, 3.8) is 0 Å². The maximum atomic E-state index is 13.1. The molecule has 0 aliphatic rings. The third kappa shape index (κ3) is 5.86. The van der Waals surface area contributed by atoms with Gasteiger partial charge in [-0.1, -0.05) is 24.1 Å². The summed E-state index contributed by atoms with van der Waals surface area (Å²) >= 11 is 0. The van der Waals surface area contributed by atoms with Crippen LogP contribution in [-0.2, 0) is 14.8 Å². The van der Waals surface area contributed by atoms with Gasteiger partial charge in [-0.15, -0.1) is 0 Å². The van der Waals surface area contributed by atoms with Gasteiger partial charge in [-0.3, -0.25) is 4.79 Å². The van der Waals surface area contributed by atoms with Crippen molar-refractivity contribution in [1.82, 2.24) is 9.71 Å². The average molecular weight is 462 g/mol. The number of nitrogens with zero attached hydrogens (tertiary/aromatic N) is 1. The zero-order chi connectivity index (χ0) is 24.2. The van der Waals surface area contributed by atoms with E-state index in [9.17, 15) is 13.2 Å². The molecule has 170 valence electrons. The molecule has 0 saturated heterocycles. The van der Waals surface area contributed by atoms with Crippen LogP contribution in [0.4, 0.5) is 5.69 Å². The Labute approximate surface area is 195 Å². The van der Waals surface area contributed by atoms with Gasteiger partial charge in [-0.2, -0.15) is 4.72 Å². The average Bonchev–Trinajstić information content (AvgIpc) is 2.77. The molecule has 2 N–H and O–H groups in total. The lowest BCUT2D eigenvalue weighted by Crippen LogP contribution is -2.42. The van der Waals surface area contributed by atoms with Crippen molar-refractivity contribution in [3.8, 4) is 11.8 Å². The second-order valence-corrected chi connectivity index (χ2v) is 9.62. The van der Waals surface area contributed by atoms with Crippen LogP contribution in [0.15, 0.2) is 59.6 Å². The minimum absolute atomic E-state index is 0.228. The number of pyridine rings is 1. The molecule has 0 radical (unpaired) electrons. The van der Waals surface area contributed by atoms with E-state index in [-0.39, 0.29) is 4.90 Å². The fraction of sp³-hybridized carbons (Fsp3) is 0.231. The van der Waals surface area contributed by atoms with Crippen LogP contribution < -0.4 is 10.0 Å². The predicted molar refractivity (Wildman–Crippen MR) is 130 cm³/mol. The highest BCUT2D eigenvalue weighted by atomic mass is 32.2. The maximum absolute atomic E-state index is 13.1. The summed E-state index contributed by atoms with van der Waals surface area (Å²) in [7, 11) is -3.89. The van der Waals surface area contributed by atoms with Crippen LogP contribution in [0.3, 0.4) is 0 Å². The van der Waals surface area contributed by atoms with E-state index in [2.05, 4.69) is 26.9 Å². The SMILES string of the molecule is Cc1cc(C)c(C)c(S(=O)(=O)N[C@@H](C)C(=O)Nc2cccc(C#Cc3ccccn3)c2)c1C. The van der Waals surface area contributed by atoms with Crippen molar-refractivity contribution < 1.29 is 13.2 Å². The molecule has 1 atom stereocenters. The van der Waals surface area contributed by atoms with Gasteiger partial charge in [0.2, 0.25) is 15.9 Å². The first kappa shape index (κ1) is 24.2. The molecule has 0 unspecified atom stereocenters. The molecular formula is C26H27N3O3S. The third-order valence-corrected chi connectivity index (χ3v) is 7.23. The van der Waals surface area contributed by atoms with Crippen LogP contribution in [0.5, 0.6) is 0 Å². The Morgan fingerprint density at radius 3 is 2.27 bits per heavy atom. The zero-order valence-electron chi connectivity index (χ0n) is 19.4. The molecular weight excluding hydrogens is 434 g/mol. The Kier molecular flexibility index (Phi) is 7.32. The van der Waals surface area contributed by atoms with Crippen LogP contribution in [0, 0.1) is 39.5 Å². The van der Waals surface area contributed by atoms with Crippen molar-refractivity contribution in [1.29, 1.82) is 0 Å². The number of aryl methyl sites for hydroxylation is 2. The number of carbonyl (C=O) groups excluding carboxylic acids is 1. The zero-order valence-corrected chi connectivity index (χ0v) is 20.2. The molecule has 2 aromatic carbocycles. The van der Waals surface area contributed by atoms with Crippen molar-refractivity contribution in [2.24, 2.45) is 0 Å². The first-order valence-corrected chi connectivity index (χ1v) is 12.0. The topological polar surface area (TPSA) is 88.2 Å². The molecule has 6 nitrogen and oxygen atoms in total. The van der Waals surface area contributed by atoms with Crippen molar-refractivity contribution in [2.75, 3.05) is 5.32 Å². The van der Waals surface area contributed by atoms with Crippen molar-refractivity contribution in [3.05, 3.63) is 88.2 Å². The van der Waals surface area contributed by atoms with Crippen LogP contribution in [-0.4, -0.2) is 25.4 Å². The van der Waals surface area contributed by atoms with Gasteiger partial charge in [-0.05, 0) is 93.1 Å². The summed E-state index contributed by atoms with van der Waals surface area (Å²) in [6, 6.07) is 13.5. The van der Waals surface area contributed by atoms with E-state index in [0.717, 1.165) is 11.1 Å². The van der Waals surface area contributed by atoms with E-state index >= 15 is 0 Å². The second-order valence-electron chi connectivity index (χ2n) is 7.97. The summed E-state index contributed by atoms with van der Waals surface area (Å²) in [5.74, 6) is 5.51. The van der Waals surface area contributed by atoms with Gasteiger partial charge in [0.25, 0.3) is 0 Å². The first-order valence-electron chi connectivity index (χ1n) is 10.5. The molecule has 33 heavy (non-hydrogen) atoms. The van der Waals surface area contributed by atoms with Crippen LogP contribution in [0.1, 0.15) is 40.4 Å². The highest BCUT2D eigenvalue weighted by Gasteiger charge is 2.26. The number of hydrogen-bond acceptors (Lipinski definition) is 4. The first-order chi connectivity index (χ1) is 15.6. The third-order valence-electron chi connectivity index (χ3n) is 5.42. The lowest BCUT2D eigenvalue weighted by atomic mass is 10.0. The highest BCUT2D eigenvalue weighted by Crippen LogP contribution is 2.26. The lowest BCUT2D eigenvalue weighted by molar-refractivity contribution is -0.117. The molecule has 3 aromatic rings. The lowest BCUT2D eigenvalue weighted by Gasteiger charge is -2.19. The normalized spacial score (nSPS) is 11.9. The molecule has 0 spiro atoms. The van der Waals surface area contributed by atoms with E-state index < -0.39 is 22.0 Å². The molecule has 1 aromatic heterocycles. The van der Waals surface area contributed by atoms with Gasteiger partial charge in [0, 0.05) is 17.4 Å². The number of hydrogen-bond donors (Lipinski definition) is 2. The van der Waals surface area contributed by atoms with Crippen molar-refractivity contribution in [2.45, 2.75) is 45.6 Å². The molecule has 1 amide bonds. The van der Waals surface area contributed by atoms with Gasteiger partial charge in [0.1, 0.15) is 5.69 Å². The molecule has 1 heterocycles. The summed E-state index contributed by atoms with van der Waals surface area (Å²) in [6.45, 7) is 8.82. The molecule has 0 saturated carbocycles. The Bertz CT molecular complexity index is 1330. The summed E-state index contributed by atoms with van der Waals surface area (Å²) in [5, 5.41) is 2.76. The number of amides is 1. The minimum atomic E-state index is -3.89. The minimum Gasteiger partial charge on any atom is -0.325 e. The van der Waals surface area contributed by atoms with E-state index in [0.29, 0.717) is 28.1 Å². The molecule has 3 rings (SSSR count). The number of rotatable bonds is 5.